The minimum absolute atomic E-state index is 0.0210. The third-order valence-electron chi connectivity index (χ3n) is 3.54. The van der Waals surface area contributed by atoms with Crippen molar-refractivity contribution in [3.05, 3.63) is 70.7 Å². The van der Waals surface area contributed by atoms with Gasteiger partial charge in [-0.05, 0) is 24.1 Å². The second-order valence-corrected chi connectivity index (χ2v) is 5.61. The molecule has 0 heterocycles. The van der Waals surface area contributed by atoms with Gasteiger partial charge in [0.2, 0.25) is 5.91 Å². The summed E-state index contributed by atoms with van der Waals surface area (Å²) in [5.74, 6) is 0.0210. The number of benzene rings is 2. The maximum Gasteiger partial charge on any atom is 0.221 e. The standard InChI is InChI=1S/C18H21ClN2O/c1-14(15-7-3-2-4-8-15)20-12-11-18(22)21-13-16-9-5-6-10-17(16)19/h2-10,14,20H,11-13H2,1H3,(H,21,22). The van der Waals surface area contributed by atoms with Gasteiger partial charge in [0, 0.05) is 30.6 Å². The average molecular weight is 317 g/mol. The molecule has 2 rings (SSSR count). The highest BCUT2D eigenvalue weighted by atomic mass is 35.5. The molecule has 0 spiro atoms. The summed E-state index contributed by atoms with van der Waals surface area (Å²) in [6.07, 6.45) is 0.446. The highest BCUT2D eigenvalue weighted by Gasteiger charge is 2.06. The van der Waals surface area contributed by atoms with Crippen molar-refractivity contribution in [3.63, 3.8) is 0 Å². The van der Waals surface area contributed by atoms with Crippen molar-refractivity contribution in [2.45, 2.75) is 25.9 Å². The summed E-state index contributed by atoms with van der Waals surface area (Å²) in [6, 6.07) is 18.0. The Morgan fingerprint density at radius 1 is 1.09 bits per heavy atom. The van der Waals surface area contributed by atoms with Crippen LogP contribution in [0.1, 0.15) is 30.5 Å². The molecule has 116 valence electrons. The Balaban J connectivity index is 1.69. The summed E-state index contributed by atoms with van der Waals surface area (Å²) in [6.45, 7) is 3.20. The molecule has 0 aliphatic rings. The Morgan fingerprint density at radius 2 is 1.77 bits per heavy atom. The van der Waals surface area contributed by atoms with E-state index in [0.29, 0.717) is 24.5 Å². The molecule has 22 heavy (non-hydrogen) atoms. The number of nitrogens with one attached hydrogen (secondary N) is 2. The summed E-state index contributed by atoms with van der Waals surface area (Å²) in [5, 5.41) is 6.92. The average Bonchev–Trinajstić information content (AvgIpc) is 2.55. The van der Waals surface area contributed by atoms with E-state index in [1.807, 2.05) is 42.5 Å². The maximum atomic E-state index is 11.9. The summed E-state index contributed by atoms with van der Waals surface area (Å²) in [5.41, 5.74) is 2.15. The van der Waals surface area contributed by atoms with Crippen LogP contribution in [0.25, 0.3) is 0 Å². The molecule has 0 aliphatic heterocycles. The number of carbonyl (C=O) groups excluding carboxylic acids is 1. The lowest BCUT2D eigenvalue weighted by molar-refractivity contribution is -0.121. The van der Waals surface area contributed by atoms with E-state index in [-0.39, 0.29) is 11.9 Å². The number of rotatable bonds is 7. The van der Waals surface area contributed by atoms with Crippen molar-refractivity contribution in [3.8, 4) is 0 Å². The van der Waals surface area contributed by atoms with Crippen LogP contribution in [0.3, 0.4) is 0 Å². The highest BCUT2D eigenvalue weighted by Crippen LogP contribution is 2.14. The van der Waals surface area contributed by atoms with Gasteiger partial charge >= 0.3 is 0 Å². The minimum atomic E-state index is 0.0210. The fraction of sp³-hybridized carbons (Fsp3) is 0.278. The van der Waals surface area contributed by atoms with Crippen LogP contribution < -0.4 is 10.6 Å². The predicted molar refractivity (Wildman–Crippen MR) is 90.8 cm³/mol. The van der Waals surface area contributed by atoms with E-state index in [9.17, 15) is 4.79 Å². The van der Waals surface area contributed by atoms with Crippen LogP contribution >= 0.6 is 11.6 Å². The molecule has 0 aromatic heterocycles. The first kappa shape index (κ1) is 16.5. The third-order valence-corrected chi connectivity index (χ3v) is 3.90. The van der Waals surface area contributed by atoms with Gasteiger partial charge < -0.3 is 10.6 Å². The Bertz CT molecular complexity index is 601. The smallest absolute Gasteiger partial charge is 0.221 e. The van der Waals surface area contributed by atoms with Crippen molar-refractivity contribution >= 4 is 17.5 Å². The zero-order chi connectivity index (χ0) is 15.8. The van der Waals surface area contributed by atoms with E-state index in [0.717, 1.165) is 5.56 Å². The molecule has 0 saturated carbocycles. The molecule has 1 unspecified atom stereocenters. The monoisotopic (exact) mass is 316 g/mol. The first-order valence-electron chi connectivity index (χ1n) is 7.45. The molecular weight excluding hydrogens is 296 g/mol. The van der Waals surface area contributed by atoms with E-state index in [1.54, 1.807) is 0 Å². The van der Waals surface area contributed by atoms with Crippen LogP contribution in [0.5, 0.6) is 0 Å². The van der Waals surface area contributed by atoms with E-state index >= 15 is 0 Å². The van der Waals surface area contributed by atoms with E-state index < -0.39 is 0 Å². The van der Waals surface area contributed by atoms with Crippen LogP contribution in [-0.2, 0) is 11.3 Å². The maximum absolute atomic E-state index is 11.9. The Labute approximate surface area is 136 Å². The van der Waals surface area contributed by atoms with E-state index in [2.05, 4.69) is 29.7 Å². The lowest BCUT2D eigenvalue weighted by atomic mass is 10.1. The number of halogens is 1. The van der Waals surface area contributed by atoms with Crippen molar-refractivity contribution in [2.75, 3.05) is 6.54 Å². The molecule has 0 aliphatic carbocycles. The lowest BCUT2D eigenvalue weighted by Crippen LogP contribution is -2.28. The van der Waals surface area contributed by atoms with Gasteiger partial charge in [0.05, 0.1) is 0 Å². The molecule has 1 amide bonds. The van der Waals surface area contributed by atoms with E-state index in [1.165, 1.54) is 5.56 Å². The summed E-state index contributed by atoms with van der Waals surface area (Å²) >= 11 is 6.06. The van der Waals surface area contributed by atoms with Crippen LogP contribution in [0.4, 0.5) is 0 Å². The second-order valence-electron chi connectivity index (χ2n) is 5.20. The van der Waals surface area contributed by atoms with Crippen molar-refractivity contribution in [2.24, 2.45) is 0 Å². The number of hydrogen-bond donors (Lipinski definition) is 2. The van der Waals surface area contributed by atoms with Gasteiger partial charge in [-0.15, -0.1) is 0 Å². The summed E-state index contributed by atoms with van der Waals surface area (Å²) in [7, 11) is 0. The van der Waals surface area contributed by atoms with Gasteiger partial charge in [-0.1, -0.05) is 60.1 Å². The summed E-state index contributed by atoms with van der Waals surface area (Å²) in [4.78, 5) is 11.9. The predicted octanol–water partition coefficient (Wildman–Crippen LogP) is 3.70. The van der Waals surface area contributed by atoms with Crippen molar-refractivity contribution < 1.29 is 4.79 Å². The van der Waals surface area contributed by atoms with Gasteiger partial charge in [0.15, 0.2) is 0 Å². The summed E-state index contributed by atoms with van der Waals surface area (Å²) < 4.78 is 0. The third kappa shape index (κ3) is 5.17. The lowest BCUT2D eigenvalue weighted by Gasteiger charge is -2.14. The zero-order valence-corrected chi connectivity index (χ0v) is 13.4. The van der Waals surface area contributed by atoms with Gasteiger partial charge in [-0.3, -0.25) is 4.79 Å². The second kappa shape index (κ2) is 8.57. The molecule has 2 aromatic carbocycles. The molecule has 0 bridgehead atoms. The van der Waals surface area contributed by atoms with Crippen LogP contribution in [-0.4, -0.2) is 12.5 Å². The highest BCUT2D eigenvalue weighted by molar-refractivity contribution is 6.31. The number of carbonyl (C=O) groups is 1. The molecule has 2 N–H and O–H groups in total. The topological polar surface area (TPSA) is 41.1 Å². The van der Waals surface area contributed by atoms with Crippen molar-refractivity contribution in [1.29, 1.82) is 0 Å². The largest absolute Gasteiger partial charge is 0.352 e. The molecule has 0 radical (unpaired) electrons. The fourth-order valence-corrected chi connectivity index (χ4v) is 2.39. The Hall–Kier alpha value is -1.84. The first-order valence-corrected chi connectivity index (χ1v) is 7.83. The zero-order valence-electron chi connectivity index (χ0n) is 12.7. The molecule has 3 nitrogen and oxygen atoms in total. The minimum Gasteiger partial charge on any atom is -0.352 e. The normalized spacial score (nSPS) is 11.9. The molecule has 0 fully saturated rings. The van der Waals surface area contributed by atoms with Crippen LogP contribution in [0.2, 0.25) is 5.02 Å². The molecular formula is C18H21ClN2O. The fourth-order valence-electron chi connectivity index (χ4n) is 2.19. The SMILES string of the molecule is CC(NCCC(=O)NCc1ccccc1Cl)c1ccccc1. The molecule has 4 heteroatoms. The van der Waals surface area contributed by atoms with E-state index in [4.69, 9.17) is 11.6 Å². The van der Waals surface area contributed by atoms with Crippen LogP contribution in [0.15, 0.2) is 54.6 Å². The van der Waals surface area contributed by atoms with Gasteiger partial charge in [-0.25, -0.2) is 0 Å². The van der Waals surface area contributed by atoms with Gasteiger partial charge in [0.1, 0.15) is 0 Å². The molecule has 1 atom stereocenters. The van der Waals surface area contributed by atoms with Gasteiger partial charge in [-0.2, -0.15) is 0 Å². The Morgan fingerprint density at radius 3 is 2.50 bits per heavy atom. The first-order chi connectivity index (χ1) is 10.7. The Kier molecular flexibility index (Phi) is 6.44. The quantitative estimate of drug-likeness (QED) is 0.818. The van der Waals surface area contributed by atoms with Crippen molar-refractivity contribution in [1.82, 2.24) is 10.6 Å². The molecule has 0 saturated heterocycles. The van der Waals surface area contributed by atoms with Crippen LogP contribution in [0, 0.1) is 0 Å². The van der Waals surface area contributed by atoms with Gasteiger partial charge in [0.25, 0.3) is 0 Å². The number of amides is 1. The molecule has 2 aromatic rings. The number of hydrogen-bond acceptors (Lipinski definition) is 2.